The van der Waals surface area contributed by atoms with E-state index in [1.165, 1.54) is 5.56 Å². The number of Topliss-reactive ketones (excluding diaryl/α,β-unsaturated/α-hetero) is 1. The number of nitrogens with zero attached hydrogens (tertiary/aromatic N) is 1. The summed E-state index contributed by atoms with van der Waals surface area (Å²) < 4.78 is 0.707. The highest BCUT2D eigenvalue weighted by Gasteiger charge is 2.14. The van der Waals surface area contributed by atoms with Gasteiger partial charge in [-0.05, 0) is 11.6 Å². The van der Waals surface area contributed by atoms with Gasteiger partial charge in [0.2, 0.25) is 0 Å². The molecule has 0 saturated heterocycles. The highest BCUT2D eigenvalue weighted by atomic mass is 16.1. The van der Waals surface area contributed by atoms with E-state index in [0.717, 1.165) is 6.54 Å². The van der Waals surface area contributed by atoms with Gasteiger partial charge in [0.05, 0.1) is 20.6 Å². The van der Waals surface area contributed by atoms with Crippen LogP contribution in [0.4, 0.5) is 0 Å². The van der Waals surface area contributed by atoms with Crippen molar-refractivity contribution in [3.63, 3.8) is 0 Å². The minimum atomic E-state index is 0.234. The quantitative estimate of drug-likeness (QED) is 0.693. The minimum Gasteiger partial charge on any atom is -0.319 e. The SMILES string of the molecule is CC(=O)C[N+](C)(C)C/C=C\c1ccccc1. The lowest BCUT2D eigenvalue weighted by Crippen LogP contribution is -2.43. The van der Waals surface area contributed by atoms with Crippen molar-refractivity contribution in [3.8, 4) is 0 Å². The van der Waals surface area contributed by atoms with E-state index in [1.807, 2.05) is 18.2 Å². The van der Waals surface area contributed by atoms with Crippen LogP contribution in [0.15, 0.2) is 36.4 Å². The second-order valence-electron chi connectivity index (χ2n) is 4.79. The predicted octanol–water partition coefficient (Wildman–Crippen LogP) is 2.37. The van der Waals surface area contributed by atoms with Gasteiger partial charge in [0.15, 0.2) is 5.78 Å². The van der Waals surface area contributed by atoms with Gasteiger partial charge in [-0.2, -0.15) is 0 Å². The molecule has 0 atom stereocenters. The Morgan fingerprint density at radius 2 is 1.88 bits per heavy atom. The number of carbonyl (C=O) groups excluding carboxylic acids is 1. The van der Waals surface area contributed by atoms with Crippen molar-refractivity contribution in [2.45, 2.75) is 6.92 Å². The van der Waals surface area contributed by atoms with Gasteiger partial charge in [-0.25, -0.2) is 0 Å². The molecule has 0 fully saturated rings. The normalized spacial score (nSPS) is 11.9. The second kappa shape index (κ2) is 5.61. The Hall–Kier alpha value is -1.41. The van der Waals surface area contributed by atoms with Crippen LogP contribution in [-0.4, -0.2) is 37.5 Å². The lowest BCUT2D eigenvalue weighted by Gasteiger charge is -2.26. The molecule has 16 heavy (non-hydrogen) atoms. The lowest BCUT2D eigenvalue weighted by molar-refractivity contribution is -0.876. The average molecular weight is 218 g/mol. The first kappa shape index (κ1) is 12.7. The van der Waals surface area contributed by atoms with E-state index < -0.39 is 0 Å². The lowest BCUT2D eigenvalue weighted by atomic mass is 10.2. The third-order valence-corrected chi connectivity index (χ3v) is 2.36. The fourth-order valence-corrected chi connectivity index (χ4v) is 1.71. The van der Waals surface area contributed by atoms with Crippen molar-refractivity contribution in [3.05, 3.63) is 42.0 Å². The molecule has 1 aromatic carbocycles. The number of benzene rings is 1. The molecule has 2 nitrogen and oxygen atoms in total. The maximum Gasteiger partial charge on any atom is 0.183 e. The molecule has 0 aromatic heterocycles. The number of rotatable bonds is 5. The third kappa shape index (κ3) is 4.89. The number of carbonyl (C=O) groups is 1. The van der Waals surface area contributed by atoms with Crippen molar-refractivity contribution < 1.29 is 9.28 Å². The summed E-state index contributed by atoms with van der Waals surface area (Å²) >= 11 is 0. The average Bonchev–Trinajstić information content (AvgIpc) is 2.16. The first-order valence-electron chi connectivity index (χ1n) is 5.53. The van der Waals surface area contributed by atoms with Crippen molar-refractivity contribution in [2.75, 3.05) is 27.2 Å². The van der Waals surface area contributed by atoms with E-state index >= 15 is 0 Å². The van der Waals surface area contributed by atoms with Gasteiger partial charge in [0.1, 0.15) is 6.54 Å². The molecule has 0 saturated carbocycles. The van der Waals surface area contributed by atoms with Crippen LogP contribution in [0.1, 0.15) is 12.5 Å². The van der Waals surface area contributed by atoms with Crippen LogP contribution < -0.4 is 0 Å². The zero-order valence-corrected chi connectivity index (χ0v) is 10.3. The van der Waals surface area contributed by atoms with Crippen LogP contribution in [0, 0.1) is 0 Å². The van der Waals surface area contributed by atoms with Gasteiger partial charge >= 0.3 is 0 Å². The molecular formula is C14H20NO+. The van der Waals surface area contributed by atoms with Gasteiger partial charge in [-0.3, -0.25) is 4.79 Å². The van der Waals surface area contributed by atoms with E-state index in [9.17, 15) is 4.79 Å². The van der Waals surface area contributed by atoms with Crippen LogP contribution in [0.2, 0.25) is 0 Å². The zero-order chi connectivity index (χ0) is 12.0. The largest absolute Gasteiger partial charge is 0.319 e. The smallest absolute Gasteiger partial charge is 0.183 e. The Bertz CT molecular complexity index is 366. The minimum absolute atomic E-state index is 0.234. The van der Waals surface area contributed by atoms with Gasteiger partial charge in [0, 0.05) is 6.92 Å². The van der Waals surface area contributed by atoms with Crippen LogP contribution in [-0.2, 0) is 4.79 Å². The number of quaternary nitrogens is 1. The van der Waals surface area contributed by atoms with Crippen LogP contribution >= 0.6 is 0 Å². The highest BCUT2D eigenvalue weighted by Crippen LogP contribution is 2.03. The molecule has 86 valence electrons. The third-order valence-electron chi connectivity index (χ3n) is 2.36. The maximum absolute atomic E-state index is 11.1. The van der Waals surface area contributed by atoms with Gasteiger partial charge in [0.25, 0.3) is 0 Å². The van der Waals surface area contributed by atoms with Crippen molar-refractivity contribution in [1.29, 1.82) is 0 Å². The molecule has 0 aliphatic rings. The van der Waals surface area contributed by atoms with Gasteiger partial charge < -0.3 is 4.48 Å². The van der Waals surface area contributed by atoms with Crippen molar-refractivity contribution in [2.24, 2.45) is 0 Å². The molecule has 0 radical (unpaired) electrons. The summed E-state index contributed by atoms with van der Waals surface area (Å²) in [7, 11) is 4.13. The predicted molar refractivity (Wildman–Crippen MR) is 68.0 cm³/mol. The Balaban J connectivity index is 2.51. The Labute approximate surface area is 97.8 Å². The Kier molecular flexibility index (Phi) is 4.44. The second-order valence-corrected chi connectivity index (χ2v) is 4.79. The number of likely N-dealkylation sites (N-methyl/N-ethyl adjacent to an activating group) is 1. The summed E-state index contributed by atoms with van der Waals surface area (Å²) in [5.74, 6) is 0.234. The monoisotopic (exact) mass is 218 g/mol. The molecule has 0 spiro atoms. The molecule has 0 unspecified atom stereocenters. The number of hydrogen-bond acceptors (Lipinski definition) is 1. The van der Waals surface area contributed by atoms with E-state index in [0.29, 0.717) is 11.0 Å². The number of hydrogen-bond donors (Lipinski definition) is 0. The zero-order valence-electron chi connectivity index (χ0n) is 10.3. The molecule has 1 rings (SSSR count). The Morgan fingerprint density at radius 1 is 1.25 bits per heavy atom. The fourth-order valence-electron chi connectivity index (χ4n) is 1.71. The topological polar surface area (TPSA) is 17.1 Å². The van der Waals surface area contributed by atoms with Gasteiger partial charge in [-0.1, -0.05) is 36.4 Å². The summed E-state index contributed by atoms with van der Waals surface area (Å²) in [6.45, 7) is 3.09. The van der Waals surface area contributed by atoms with E-state index in [2.05, 4.69) is 38.4 Å². The Morgan fingerprint density at radius 3 is 2.44 bits per heavy atom. The molecule has 1 aromatic rings. The van der Waals surface area contributed by atoms with E-state index in [4.69, 9.17) is 0 Å². The first-order valence-corrected chi connectivity index (χ1v) is 5.53. The standard InChI is InChI=1S/C14H20NO/c1-13(16)12-15(2,3)11-7-10-14-8-5-4-6-9-14/h4-10H,11-12H2,1-3H3/q+1/b10-7-. The highest BCUT2D eigenvalue weighted by molar-refractivity contribution is 5.76. The fraction of sp³-hybridized carbons (Fsp3) is 0.357. The van der Waals surface area contributed by atoms with Crippen molar-refractivity contribution >= 4 is 11.9 Å². The van der Waals surface area contributed by atoms with Crippen LogP contribution in [0.3, 0.4) is 0 Å². The maximum atomic E-state index is 11.1. The molecule has 0 amide bonds. The van der Waals surface area contributed by atoms with E-state index in [-0.39, 0.29) is 5.78 Å². The molecule has 0 bridgehead atoms. The summed E-state index contributed by atoms with van der Waals surface area (Å²) in [5, 5.41) is 0. The summed E-state index contributed by atoms with van der Waals surface area (Å²) in [5.41, 5.74) is 1.20. The van der Waals surface area contributed by atoms with Crippen LogP contribution in [0.5, 0.6) is 0 Å². The van der Waals surface area contributed by atoms with Gasteiger partial charge in [-0.15, -0.1) is 0 Å². The van der Waals surface area contributed by atoms with Crippen LogP contribution in [0.25, 0.3) is 6.08 Å². The number of ketones is 1. The molecular weight excluding hydrogens is 198 g/mol. The molecule has 0 heterocycles. The molecule has 0 N–H and O–H groups in total. The summed E-state index contributed by atoms with van der Waals surface area (Å²) in [6.07, 6.45) is 4.22. The summed E-state index contributed by atoms with van der Waals surface area (Å²) in [6, 6.07) is 10.2. The first-order chi connectivity index (χ1) is 7.49. The molecule has 2 heteroatoms. The molecule has 0 aliphatic carbocycles. The van der Waals surface area contributed by atoms with Crippen molar-refractivity contribution in [1.82, 2.24) is 0 Å². The summed E-state index contributed by atoms with van der Waals surface area (Å²) in [4.78, 5) is 11.1. The van der Waals surface area contributed by atoms with E-state index in [1.54, 1.807) is 6.92 Å². The molecule has 0 aliphatic heterocycles.